The molecular formula is C33H24N2O3. The largest absolute Gasteiger partial charge is 0.405 e. The lowest BCUT2D eigenvalue weighted by Gasteiger charge is -2.35. The fourth-order valence-corrected chi connectivity index (χ4v) is 6.21. The lowest BCUT2D eigenvalue weighted by atomic mass is 9.74. The highest BCUT2D eigenvalue weighted by atomic mass is 16.6. The molecule has 184 valence electrons. The third-order valence-electron chi connectivity index (χ3n) is 7.82. The highest BCUT2D eigenvalue weighted by Gasteiger charge is 2.69. The molecule has 1 spiro atoms. The van der Waals surface area contributed by atoms with Crippen LogP contribution in [-0.2, 0) is 9.53 Å². The zero-order valence-electron chi connectivity index (χ0n) is 20.5. The molecule has 3 aliphatic rings. The van der Waals surface area contributed by atoms with Crippen LogP contribution in [0.1, 0.15) is 33.0 Å². The number of rotatable bonds is 4. The Morgan fingerprint density at radius 1 is 0.789 bits per heavy atom. The number of nitrogens with zero attached hydrogens (tertiary/aromatic N) is 2. The van der Waals surface area contributed by atoms with Crippen molar-refractivity contribution in [2.45, 2.75) is 23.5 Å². The van der Waals surface area contributed by atoms with Crippen LogP contribution < -0.4 is 4.90 Å². The quantitative estimate of drug-likeness (QED) is 0.269. The summed E-state index contributed by atoms with van der Waals surface area (Å²) < 4.78 is 5.95. The van der Waals surface area contributed by atoms with Gasteiger partial charge in [-0.1, -0.05) is 109 Å². The van der Waals surface area contributed by atoms with E-state index in [0.717, 1.165) is 22.4 Å². The molecule has 38 heavy (non-hydrogen) atoms. The van der Waals surface area contributed by atoms with Gasteiger partial charge in [-0.3, -0.25) is 4.79 Å². The average molecular weight is 497 g/mol. The van der Waals surface area contributed by atoms with Gasteiger partial charge in [0.15, 0.2) is 11.3 Å². The molecule has 1 fully saturated rings. The van der Waals surface area contributed by atoms with E-state index in [1.54, 1.807) is 0 Å². The van der Waals surface area contributed by atoms with E-state index in [1.807, 2.05) is 127 Å². The van der Waals surface area contributed by atoms with Crippen molar-refractivity contribution in [1.82, 2.24) is 0 Å². The number of anilines is 1. The minimum absolute atomic E-state index is 0.0532. The maximum atomic E-state index is 14.4. The zero-order valence-corrected chi connectivity index (χ0v) is 20.5. The van der Waals surface area contributed by atoms with E-state index in [-0.39, 0.29) is 11.7 Å². The van der Waals surface area contributed by atoms with Gasteiger partial charge in [-0.15, -0.1) is 0 Å². The standard InChI is InChI=1S/C33H24N2O3/c36-30(24-15-6-2-7-16-24)29-28(23-13-4-1-5-14-23)33(27-21-20-22-12-10-11-19-26(22)35(27)29)32(37)38-31(34-33)25-17-8-3-9-18-25/h1-21,27-29H/t27-,28+,29+,33-/m1/s1. The van der Waals surface area contributed by atoms with Crippen LogP contribution in [0.2, 0.25) is 0 Å². The van der Waals surface area contributed by atoms with Crippen molar-refractivity contribution < 1.29 is 14.3 Å². The fourth-order valence-electron chi connectivity index (χ4n) is 6.21. The molecule has 0 radical (unpaired) electrons. The van der Waals surface area contributed by atoms with E-state index in [1.165, 1.54) is 0 Å². The topological polar surface area (TPSA) is 59.0 Å². The van der Waals surface area contributed by atoms with Crippen LogP contribution in [0.3, 0.4) is 0 Å². The minimum atomic E-state index is -1.34. The number of carbonyl (C=O) groups is 2. The summed E-state index contributed by atoms with van der Waals surface area (Å²) >= 11 is 0. The number of hydrogen-bond donors (Lipinski definition) is 0. The van der Waals surface area contributed by atoms with Gasteiger partial charge in [-0.25, -0.2) is 9.79 Å². The number of benzene rings is 4. The molecule has 0 unspecified atom stereocenters. The van der Waals surface area contributed by atoms with Gasteiger partial charge < -0.3 is 9.64 Å². The first-order valence-corrected chi connectivity index (χ1v) is 12.8. The summed E-state index contributed by atoms with van der Waals surface area (Å²) in [6.45, 7) is 0. The van der Waals surface area contributed by atoms with Crippen molar-refractivity contribution in [1.29, 1.82) is 0 Å². The number of ketones is 1. The van der Waals surface area contributed by atoms with Crippen LogP contribution in [-0.4, -0.2) is 35.3 Å². The zero-order chi connectivity index (χ0) is 25.7. The van der Waals surface area contributed by atoms with E-state index < -0.39 is 29.5 Å². The van der Waals surface area contributed by atoms with Crippen molar-refractivity contribution in [2.75, 3.05) is 4.90 Å². The summed E-state index contributed by atoms with van der Waals surface area (Å²) in [5.41, 5.74) is 2.76. The van der Waals surface area contributed by atoms with Crippen molar-refractivity contribution in [2.24, 2.45) is 4.99 Å². The smallest absolute Gasteiger partial charge is 0.344 e. The van der Waals surface area contributed by atoms with Gasteiger partial charge in [-0.2, -0.15) is 0 Å². The van der Waals surface area contributed by atoms with Crippen molar-refractivity contribution in [3.63, 3.8) is 0 Å². The normalized spacial score (nSPS) is 25.1. The third-order valence-corrected chi connectivity index (χ3v) is 7.82. The SMILES string of the molecule is O=C(c1ccccc1)[C@@H]1[C@H](c2ccccc2)[C@]2(N=C(c3ccccc3)OC2=O)[C@H]2C=Cc3ccccc3N12. The monoisotopic (exact) mass is 496 g/mol. The number of esters is 1. The van der Waals surface area contributed by atoms with Crippen molar-refractivity contribution in [3.05, 3.63) is 144 Å². The molecule has 5 heteroatoms. The van der Waals surface area contributed by atoms with Crippen LogP contribution >= 0.6 is 0 Å². The number of hydrogen-bond acceptors (Lipinski definition) is 5. The van der Waals surface area contributed by atoms with E-state index in [9.17, 15) is 9.59 Å². The summed E-state index contributed by atoms with van der Waals surface area (Å²) in [7, 11) is 0. The molecule has 1 saturated heterocycles. The maximum Gasteiger partial charge on any atom is 0.344 e. The number of cyclic esters (lactones) is 1. The minimum Gasteiger partial charge on any atom is -0.405 e. The molecule has 5 nitrogen and oxygen atoms in total. The molecule has 4 aromatic carbocycles. The second-order valence-corrected chi connectivity index (χ2v) is 9.83. The first-order valence-electron chi connectivity index (χ1n) is 12.8. The Morgan fingerprint density at radius 2 is 1.42 bits per heavy atom. The van der Waals surface area contributed by atoms with E-state index >= 15 is 0 Å². The summed E-state index contributed by atoms with van der Waals surface area (Å²) in [6, 6.07) is 35.4. The second-order valence-electron chi connectivity index (χ2n) is 9.83. The molecule has 0 N–H and O–H groups in total. The first-order chi connectivity index (χ1) is 18.7. The molecule has 3 aliphatic heterocycles. The van der Waals surface area contributed by atoms with Gasteiger partial charge in [-0.05, 0) is 29.3 Å². The van der Waals surface area contributed by atoms with E-state index in [2.05, 4.69) is 4.90 Å². The number of fused-ring (bicyclic) bond motifs is 4. The molecule has 0 aliphatic carbocycles. The Hall–Kier alpha value is -4.77. The molecule has 0 saturated carbocycles. The van der Waals surface area contributed by atoms with Gasteiger partial charge in [0, 0.05) is 16.8 Å². The Bertz CT molecular complexity index is 1600. The second kappa shape index (κ2) is 8.67. The molecule has 0 bridgehead atoms. The Kier molecular flexibility index (Phi) is 5.11. The van der Waals surface area contributed by atoms with Crippen molar-refractivity contribution >= 4 is 29.4 Å². The van der Waals surface area contributed by atoms with Crippen LogP contribution in [0, 0.1) is 0 Å². The maximum absolute atomic E-state index is 14.4. The van der Waals surface area contributed by atoms with Gasteiger partial charge >= 0.3 is 5.97 Å². The van der Waals surface area contributed by atoms with Crippen LogP contribution in [0.25, 0.3) is 6.08 Å². The Labute approximate surface area is 220 Å². The van der Waals surface area contributed by atoms with Gasteiger partial charge in [0.2, 0.25) is 5.90 Å². The van der Waals surface area contributed by atoms with Crippen LogP contribution in [0.15, 0.2) is 126 Å². The highest BCUT2D eigenvalue weighted by molar-refractivity contribution is 6.12. The number of Topliss-reactive ketones (excluding diaryl/α,β-unsaturated/α-hetero) is 1. The highest BCUT2D eigenvalue weighted by Crippen LogP contribution is 2.55. The van der Waals surface area contributed by atoms with Gasteiger partial charge in [0.1, 0.15) is 6.04 Å². The summed E-state index contributed by atoms with van der Waals surface area (Å²) in [5, 5.41) is 0. The molecule has 0 aromatic heterocycles. The van der Waals surface area contributed by atoms with Gasteiger partial charge in [0.25, 0.3) is 0 Å². The average Bonchev–Trinajstić information content (AvgIpc) is 3.49. The predicted octanol–water partition coefficient (Wildman–Crippen LogP) is 5.68. The summed E-state index contributed by atoms with van der Waals surface area (Å²) in [6.07, 6.45) is 4.04. The lowest BCUT2D eigenvalue weighted by Crippen LogP contribution is -2.49. The molecule has 3 heterocycles. The van der Waals surface area contributed by atoms with Crippen LogP contribution in [0.4, 0.5) is 5.69 Å². The lowest BCUT2D eigenvalue weighted by molar-refractivity contribution is -0.139. The fraction of sp³-hybridized carbons (Fsp3) is 0.121. The van der Waals surface area contributed by atoms with Gasteiger partial charge in [0.05, 0.1) is 12.0 Å². The van der Waals surface area contributed by atoms with Crippen molar-refractivity contribution in [3.8, 4) is 0 Å². The first kappa shape index (κ1) is 22.4. The van der Waals surface area contributed by atoms with Crippen LogP contribution in [0.5, 0.6) is 0 Å². The number of carbonyl (C=O) groups excluding carboxylic acids is 2. The molecule has 7 rings (SSSR count). The Balaban J connectivity index is 1.51. The number of ether oxygens (including phenoxy) is 1. The predicted molar refractivity (Wildman–Crippen MR) is 147 cm³/mol. The molecular weight excluding hydrogens is 472 g/mol. The number of aliphatic imine (C=N–C) groups is 1. The third kappa shape index (κ3) is 3.21. The summed E-state index contributed by atoms with van der Waals surface area (Å²) in [4.78, 5) is 35.8. The number of para-hydroxylation sites is 1. The molecule has 0 amide bonds. The molecule has 4 aromatic rings. The van der Waals surface area contributed by atoms with E-state index in [4.69, 9.17) is 9.73 Å². The Morgan fingerprint density at radius 3 is 2.16 bits per heavy atom. The summed E-state index contributed by atoms with van der Waals surface area (Å²) in [5.74, 6) is -0.780. The molecule has 4 atom stereocenters. The van der Waals surface area contributed by atoms with E-state index in [0.29, 0.717) is 5.56 Å².